The first-order valence-corrected chi connectivity index (χ1v) is 3.92. The molecule has 1 aromatic rings. The highest BCUT2D eigenvalue weighted by molar-refractivity contribution is 5.84. The first-order chi connectivity index (χ1) is 5.50. The van der Waals surface area contributed by atoms with Crippen LogP contribution in [0.4, 0.5) is 0 Å². The molecule has 0 saturated carbocycles. The van der Waals surface area contributed by atoms with E-state index in [4.69, 9.17) is 4.42 Å². The molecule has 0 radical (unpaired) electrons. The highest BCUT2D eigenvalue weighted by atomic mass is 16.3. The molecule has 1 heterocycles. The molecule has 12 heavy (non-hydrogen) atoms. The average Bonchev–Trinajstić information content (AvgIpc) is 2.37. The number of nitrogens with zero attached hydrogens (tertiary/aromatic N) is 1. The number of Topliss-reactive ketones (excluding diaryl/α,β-unsaturated/α-hetero) is 1. The molecular formula is C9H13NO2. The van der Waals surface area contributed by atoms with Gasteiger partial charge in [-0.15, -0.1) is 0 Å². The highest BCUT2D eigenvalue weighted by Crippen LogP contribution is 2.16. The maximum Gasteiger partial charge on any atom is 0.201 e. The third-order valence-corrected chi connectivity index (χ3v) is 1.63. The van der Waals surface area contributed by atoms with Crippen LogP contribution in [0.5, 0.6) is 0 Å². The first kappa shape index (κ1) is 8.97. The molecule has 0 aliphatic rings. The molecule has 0 atom stereocenters. The van der Waals surface area contributed by atoms with E-state index in [1.807, 2.05) is 20.8 Å². The molecular weight excluding hydrogens is 154 g/mol. The summed E-state index contributed by atoms with van der Waals surface area (Å²) >= 11 is 0. The molecule has 0 aliphatic heterocycles. The van der Waals surface area contributed by atoms with E-state index in [1.165, 1.54) is 6.26 Å². The van der Waals surface area contributed by atoms with Crippen molar-refractivity contribution in [2.45, 2.75) is 27.2 Å². The smallest absolute Gasteiger partial charge is 0.201 e. The Labute approximate surface area is 71.8 Å². The Kier molecular flexibility index (Phi) is 2.31. The summed E-state index contributed by atoms with van der Waals surface area (Å²) in [6.07, 6.45) is 3.31. The summed E-state index contributed by atoms with van der Waals surface area (Å²) in [5.41, 5.74) is -0.311. The largest absolute Gasteiger partial charge is 0.449 e. The second-order valence-electron chi connectivity index (χ2n) is 3.78. The molecule has 3 heteroatoms. The normalized spacial score (nSPS) is 11.6. The van der Waals surface area contributed by atoms with Crippen LogP contribution >= 0.6 is 0 Å². The topological polar surface area (TPSA) is 43.1 Å². The number of rotatable bonds is 2. The van der Waals surface area contributed by atoms with E-state index in [1.54, 1.807) is 6.20 Å². The van der Waals surface area contributed by atoms with Crippen LogP contribution in [0, 0.1) is 5.41 Å². The lowest BCUT2D eigenvalue weighted by Gasteiger charge is -2.14. The predicted molar refractivity (Wildman–Crippen MR) is 44.7 cm³/mol. The Hall–Kier alpha value is -1.12. The molecule has 0 aliphatic carbocycles. The van der Waals surface area contributed by atoms with Gasteiger partial charge in [-0.25, -0.2) is 4.98 Å². The summed E-state index contributed by atoms with van der Waals surface area (Å²) < 4.78 is 4.97. The van der Waals surface area contributed by atoms with Crippen LogP contribution in [-0.4, -0.2) is 10.8 Å². The molecule has 1 aromatic heterocycles. The number of aromatic nitrogens is 1. The van der Waals surface area contributed by atoms with Crippen molar-refractivity contribution in [3.8, 4) is 0 Å². The van der Waals surface area contributed by atoms with Crippen molar-refractivity contribution in [1.29, 1.82) is 0 Å². The van der Waals surface area contributed by atoms with Gasteiger partial charge in [-0.1, -0.05) is 20.8 Å². The van der Waals surface area contributed by atoms with Crippen molar-refractivity contribution in [2.75, 3.05) is 0 Å². The Morgan fingerprint density at radius 1 is 1.58 bits per heavy atom. The monoisotopic (exact) mass is 167 g/mol. The molecule has 0 fully saturated rings. The molecule has 0 N–H and O–H groups in total. The van der Waals surface area contributed by atoms with Gasteiger partial charge >= 0.3 is 0 Å². The summed E-state index contributed by atoms with van der Waals surface area (Å²) in [6, 6.07) is 0. The zero-order valence-corrected chi connectivity index (χ0v) is 7.63. The summed E-state index contributed by atoms with van der Waals surface area (Å²) in [5.74, 6) is 0.639. The molecule has 66 valence electrons. The van der Waals surface area contributed by atoms with Gasteiger partial charge in [0.15, 0.2) is 0 Å². The fraction of sp³-hybridized carbons (Fsp3) is 0.556. The maximum absolute atomic E-state index is 11.4. The Morgan fingerprint density at radius 2 is 2.25 bits per heavy atom. The van der Waals surface area contributed by atoms with Gasteiger partial charge in [0, 0.05) is 5.41 Å². The summed E-state index contributed by atoms with van der Waals surface area (Å²) in [5, 5.41) is 0. The van der Waals surface area contributed by atoms with Gasteiger partial charge < -0.3 is 4.42 Å². The van der Waals surface area contributed by atoms with Crippen LogP contribution in [0.25, 0.3) is 0 Å². The van der Waals surface area contributed by atoms with Crippen molar-refractivity contribution in [2.24, 2.45) is 5.41 Å². The van der Waals surface area contributed by atoms with Gasteiger partial charge in [0.2, 0.25) is 5.89 Å². The van der Waals surface area contributed by atoms with E-state index in [9.17, 15) is 4.79 Å². The summed E-state index contributed by atoms with van der Waals surface area (Å²) in [7, 11) is 0. The molecule has 0 saturated heterocycles. The Balaban J connectivity index is 2.60. The second kappa shape index (κ2) is 3.09. The average molecular weight is 167 g/mol. The number of hydrogen-bond donors (Lipinski definition) is 0. The standard InChI is InChI=1S/C9H13NO2/c1-9(2,3)7(11)6-8-10-4-5-12-8/h4-5H,6H2,1-3H3. The lowest BCUT2D eigenvalue weighted by Crippen LogP contribution is -2.22. The van der Waals surface area contributed by atoms with Crippen molar-refractivity contribution in [3.05, 3.63) is 18.4 Å². The van der Waals surface area contributed by atoms with Crippen molar-refractivity contribution < 1.29 is 9.21 Å². The van der Waals surface area contributed by atoms with Crippen molar-refractivity contribution in [1.82, 2.24) is 4.98 Å². The quantitative estimate of drug-likeness (QED) is 0.674. The fourth-order valence-electron chi connectivity index (χ4n) is 0.743. The van der Waals surface area contributed by atoms with Gasteiger partial charge in [0.25, 0.3) is 0 Å². The van der Waals surface area contributed by atoms with Gasteiger partial charge in [0.05, 0.1) is 12.6 Å². The molecule has 1 rings (SSSR count). The number of carbonyl (C=O) groups excluding carboxylic acids is 1. The minimum Gasteiger partial charge on any atom is -0.449 e. The van der Waals surface area contributed by atoms with Crippen LogP contribution < -0.4 is 0 Å². The minimum atomic E-state index is -0.311. The molecule has 0 bridgehead atoms. The molecule has 0 aromatic carbocycles. The third kappa shape index (κ3) is 2.19. The predicted octanol–water partition coefficient (Wildman–Crippen LogP) is 1.83. The van der Waals surface area contributed by atoms with Gasteiger partial charge in [0.1, 0.15) is 12.0 Å². The van der Waals surface area contributed by atoms with Crippen LogP contribution in [0.3, 0.4) is 0 Å². The molecule has 0 spiro atoms. The zero-order chi connectivity index (χ0) is 9.19. The highest BCUT2D eigenvalue weighted by Gasteiger charge is 2.22. The van der Waals surface area contributed by atoms with E-state index < -0.39 is 0 Å². The molecule has 0 unspecified atom stereocenters. The second-order valence-corrected chi connectivity index (χ2v) is 3.78. The Bertz CT molecular complexity index is 257. The SMILES string of the molecule is CC(C)(C)C(=O)Cc1ncco1. The number of ketones is 1. The molecule has 0 amide bonds. The van der Waals surface area contributed by atoms with E-state index in [0.717, 1.165) is 0 Å². The van der Waals surface area contributed by atoms with Gasteiger partial charge in [-0.05, 0) is 0 Å². The third-order valence-electron chi connectivity index (χ3n) is 1.63. The number of hydrogen-bond acceptors (Lipinski definition) is 3. The lowest BCUT2D eigenvalue weighted by molar-refractivity contribution is -0.125. The van der Waals surface area contributed by atoms with E-state index >= 15 is 0 Å². The van der Waals surface area contributed by atoms with Crippen LogP contribution in [0.2, 0.25) is 0 Å². The number of carbonyl (C=O) groups is 1. The van der Waals surface area contributed by atoms with Crippen molar-refractivity contribution in [3.63, 3.8) is 0 Å². The molecule has 3 nitrogen and oxygen atoms in total. The van der Waals surface area contributed by atoms with Gasteiger partial charge in [-0.2, -0.15) is 0 Å². The summed E-state index contributed by atoms with van der Waals surface area (Å²) in [4.78, 5) is 15.3. The number of oxazole rings is 1. The minimum absolute atomic E-state index is 0.143. The lowest BCUT2D eigenvalue weighted by atomic mass is 9.89. The van der Waals surface area contributed by atoms with E-state index in [2.05, 4.69) is 4.98 Å². The summed E-state index contributed by atoms with van der Waals surface area (Å²) in [6.45, 7) is 5.66. The van der Waals surface area contributed by atoms with Gasteiger partial charge in [-0.3, -0.25) is 4.79 Å². The first-order valence-electron chi connectivity index (χ1n) is 3.92. The van der Waals surface area contributed by atoms with Crippen LogP contribution in [-0.2, 0) is 11.2 Å². The van der Waals surface area contributed by atoms with E-state index in [-0.39, 0.29) is 17.6 Å². The fourth-order valence-corrected chi connectivity index (χ4v) is 0.743. The maximum atomic E-state index is 11.4. The van der Waals surface area contributed by atoms with Crippen LogP contribution in [0.1, 0.15) is 26.7 Å². The zero-order valence-electron chi connectivity index (χ0n) is 7.63. The van der Waals surface area contributed by atoms with Crippen molar-refractivity contribution >= 4 is 5.78 Å². The Morgan fingerprint density at radius 3 is 2.67 bits per heavy atom. The van der Waals surface area contributed by atoms with Crippen LogP contribution in [0.15, 0.2) is 16.9 Å². The van der Waals surface area contributed by atoms with E-state index in [0.29, 0.717) is 5.89 Å².